The Morgan fingerprint density at radius 2 is 1.95 bits per heavy atom. The Bertz CT molecular complexity index is 3050. The first-order chi connectivity index (χ1) is 35.6. The van der Waals surface area contributed by atoms with E-state index in [1.54, 1.807) is 25.4 Å². The quantitative estimate of drug-likeness (QED) is 0.0741. The van der Waals surface area contributed by atoms with E-state index >= 15 is 4.39 Å². The lowest BCUT2D eigenvalue weighted by molar-refractivity contribution is -0.142. The molecule has 5 N–H and O–H groups in total. The molecule has 2 saturated heterocycles. The monoisotopic (exact) mass is 1050 g/mol. The second kappa shape index (κ2) is 22.0. The van der Waals surface area contributed by atoms with Gasteiger partial charge in [-0.2, -0.15) is 10.2 Å². The van der Waals surface area contributed by atoms with E-state index in [9.17, 15) is 25.1 Å². The zero-order valence-corrected chi connectivity index (χ0v) is 43.5. The predicted octanol–water partition coefficient (Wildman–Crippen LogP) is 6.63. The molecule has 1 aliphatic carbocycles. The number of aryl methyl sites for hydroxylation is 1. The van der Waals surface area contributed by atoms with Gasteiger partial charge in [0.15, 0.2) is 11.6 Å². The number of ether oxygens (including phenoxy) is 1. The van der Waals surface area contributed by atoms with E-state index in [2.05, 4.69) is 53.5 Å². The highest BCUT2D eigenvalue weighted by atomic mass is 35.5. The molecule has 5 aromatic heterocycles. The molecule has 23 heteroatoms. The van der Waals surface area contributed by atoms with Gasteiger partial charge in [0.05, 0.1) is 41.0 Å². The molecular formula is C51H60ClFN14O6S. The van der Waals surface area contributed by atoms with Crippen molar-refractivity contribution in [2.75, 3.05) is 50.0 Å². The number of hydrogen-bond acceptors (Lipinski definition) is 18. The lowest BCUT2D eigenvalue weighted by Gasteiger charge is -2.30. The number of unbranched alkanes of at least 4 members (excludes halogenated alkanes) is 1. The number of aliphatic hydroxyl groups is 1. The van der Waals surface area contributed by atoms with Gasteiger partial charge in [0, 0.05) is 77.8 Å². The molecule has 3 aliphatic rings. The number of nitrogens with two attached hydrogens (primary N) is 1. The Morgan fingerprint density at radius 1 is 1.12 bits per heavy atom. The number of pyridine rings is 1. The number of carbonyl (C=O) groups excluding carboxylic acids is 2. The van der Waals surface area contributed by atoms with Crippen molar-refractivity contribution >= 4 is 45.7 Å². The molecule has 2 amide bonds. The van der Waals surface area contributed by atoms with Crippen LogP contribution in [0.4, 0.5) is 15.3 Å². The summed E-state index contributed by atoms with van der Waals surface area (Å²) >= 11 is 7.69. The Hall–Kier alpha value is -6.80. The maximum Gasteiger partial charge on any atom is 0.253 e. The number of thiophene rings is 1. The summed E-state index contributed by atoms with van der Waals surface area (Å²) in [5, 5.41) is 47.8. The summed E-state index contributed by atoms with van der Waals surface area (Å²) in [5.41, 5.74) is 8.10. The lowest BCUT2D eigenvalue weighted by Crippen LogP contribution is -2.49. The number of phenolic OH excluding ortho intramolecular Hbond substituents is 1. The zero-order valence-electron chi connectivity index (χ0n) is 41.9. The predicted molar refractivity (Wildman–Crippen MR) is 274 cm³/mol. The van der Waals surface area contributed by atoms with Gasteiger partial charge >= 0.3 is 0 Å². The molecule has 390 valence electrons. The SMILES string of the molecule is CC(C)[C@@H](C(=O)N1C[C@H](O)C[C@H]1C(=O)N[C@@H](C)c1ccc(-c2ccncc2Cl)c(F)c1O)n1cc(OCCCCN2CCCN(c3nccc(-c4noc([C@@]5(C)CCCc6sc(N)c(C#N)c65)n4)n3)[C@@H](C)C2)nn1. The number of phenols is 1. The number of likely N-dealkylation sites (tertiary alicyclic amines) is 1. The number of nitrogens with zero attached hydrogens (tertiary/aromatic N) is 12. The molecular weight excluding hydrogens is 991 g/mol. The van der Waals surface area contributed by atoms with Gasteiger partial charge in [0.1, 0.15) is 28.8 Å². The summed E-state index contributed by atoms with van der Waals surface area (Å²) in [6.07, 6.45) is 10.2. The summed E-state index contributed by atoms with van der Waals surface area (Å²) < 4.78 is 28.8. The maximum atomic E-state index is 15.5. The van der Waals surface area contributed by atoms with Crippen molar-refractivity contribution in [3.05, 3.63) is 87.4 Å². The molecule has 0 radical (unpaired) electrons. The van der Waals surface area contributed by atoms with E-state index in [0.29, 0.717) is 46.1 Å². The number of halogens is 2. The normalized spacial score (nSPS) is 21.0. The van der Waals surface area contributed by atoms with E-state index in [0.717, 1.165) is 75.1 Å². The van der Waals surface area contributed by atoms with E-state index in [1.165, 1.54) is 51.5 Å². The summed E-state index contributed by atoms with van der Waals surface area (Å²) in [4.78, 5) is 53.4. The summed E-state index contributed by atoms with van der Waals surface area (Å²) in [5.74, 6) is -1.17. The number of β-amino-alcohol motifs (C(OH)–C–C–N with tert-alkyl or cyclic N) is 1. The second-order valence-corrected chi connectivity index (χ2v) is 21.5. The Morgan fingerprint density at radius 3 is 2.73 bits per heavy atom. The van der Waals surface area contributed by atoms with Gasteiger partial charge in [0.25, 0.3) is 5.88 Å². The van der Waals surface area contributed by atoms with Crippen molar-refractivity contribution in [2.45, 2.75) is 115 Å². The van der Waals surface area contributed by atoms with E-state index < -0.39 is 53.0 Å². The molecule has 2 fully saturated rings. The van der Waals surface area contributed by atoms with Crippen molar-refractivity contribution in [1.82, 2.24) is 55.2 Å². The molecule has 74 heavy (non-hydrogen) atoms. The minimum atomic E-state index is -1.04. The third-order valence-electron chi connectivity index (χ3n) is 14.4. The van der Waals surface area contributed by atoms with Crippen LogP contribution < -0.4 is 20.7 Å². The number of fused-ring (bicyclic) bond motifs is 1. The smallest absolute Gasteiger partial charge is 0.253 e. The Labute approximate surface area is 436 Å². The molecule has 1 aromatic carbocycles. The fourth-order valence-electron chi connectivity index (χ4n) is 10.6. The van der Waals surface area contributed by atoms with Gasteiger partial charge in [-0.15, -0.1) is 11.3 Å². The first-order valence-corrected chi connectivity index (χ1v) is 26.2. The van der Waals surface area contributed by atoms with Gasteiger partial charge < -0.3 is 45.2 Å². The van der Waals surface area contributed by atoms with Crippen molar-refractivity contribution in [2.24, 2.45) is 5.92 Å². The van der Waals surface area contributed by atoms with E-state index in [-0.39, 0.29) is 47.0 Å². The van der Waals surface area contributed by atoms with Crippen molar-refractivity contribution in [3.63, 3.8) is 0 Å². The Balaban J connectivity index is 0.758. The van der Waals surface area contributed by atoms with Gasteiger partial charge in [-0.3, -0.25) is 14.6 Å². The van der Waals surface area contributed by atoms with Gasteiger partial charge in [-0.25, -0.2) is 19.0 Å². The number of anilines is 2. The van der Waals surface area contributed by atoms with Crippen LogP contribution in [0, 0.1) is 23.1 Å². The first kappa shape index (κ1) is 52.1. The third-order valence-corrected chi connectivity index (χ3v) is 15.8. The highest BCUT2D eigenvalue weighted by Crippen LogP contribution is 2.49. The molecule has 9 rings (SSSR count). The minimum Gasteiger partial charge on any atom is -0.505 e. The number of aromatic nitrogens is 8. The number of amides is 2. The average Bonchev–Trinajstić information content (AvgIpc) is 4.19. The van der Waals surface area contributed by atoms with Crippen molar-refractivity contribution < 1.29 is 33.5 Å². The topological polar surface area (TPSA) is 264 Å². The van der Waals surface area contributed by atoms with Crippen LogP contribution in [-0.4, -0.2) is 129 Å². The van der Waals surface area contributed by atoms with Crippen LogP contribution in [-0.2, 0) is 21.4 Å². The standard InChI is InChI=1S/C51H60ClFN14O6S/c1-28(2)43(48(71)66-26-31(68)22-38(66)47(70)58-30(4)32-11-12-34(42(53)44(32)69)33-13-16-56-24-36(33)52)67-27-40(61-63-67)72-21-7-6-18-64-19-9-20-65(29(3)25-64)50-57-17-14-37(59-50)46-60-49(73-62-46)51(5)15-8-10-39-41(51)35(23-54)45(55)74-39/h11-14,16-17,24,27-31,38,43,68-69H,6-10,15,18-22,25-26,55H2,1-5H3,(H,58,70)/t29-,30-,31+,38-,43-,51-/m0/s1. The summed E-state index contributed by atoms with van der Waals surface area (Å²) in [6, 6.07) is 5.93. The van der Waals surface area contributed by atoms with Crippen LogP contribution in [0.15, 0.2) is 53.6 Å². The van der Waals surface area contributed by atoms with Crippen LogP contribution >= 0.6 is 22.9 Å². The number of carbonyl (C=O) groups is 2. The second-order valence-electron chi connectivity index (χ2n) is 19.9. The molecule has 7 heterocycles. The fraction of sp³-hybridized carbons (Fsp3) is 0.490. The Kier molecular flexibility index (Phi) is 15.5. The van der Waals surface area contributed by atoms with Gasteiger partial charge in [0.2, 0.25) is 29.5 Å². The van der Waals surface area contributed by atoms with Crippen LogP contribution in [0.1, 0.15) is 113 Å². The number of nitriles is 1. The minimum absolute atomic E-state index is 0.0113. The van der Waals surface area contributed by atoms with Crippen molar-refractivity contribution in [1.29, 1.82) is 5.26 Å². The number of rotatable bonds is 16. The van der Waals surface area contributed by atoms with Crippen LogP contribution in [0.5, 0.6) is 11.6 Å². The number of aliphatic hydroxyl groups excluding tert-OH is 1. The molecule has 0 saturated carbocycles. The highest BCUT2D eigenvalue weighted by Gasteiger charge is 2.45. The first-order valence-electron chi connectivity index (χ1n) is 25.0. The zero-order chi connectivity index (χ0) is 52.4. The van der Waals surface area contributed by atoms with Crippen LogP contribution in [0.25, 0.3) is 22.6 Å². The molecule has 0 unspecified atom stereocenters. The molecule has 2 aliphatic heterocycles. The van der Waals surface area contributed by atoms with Crippen molar-refractivity contribution in [3.8, 4) is 40.3 Å². The molecule has 0 spiro atoms. The van der Waals surface area contributed by atoms with E-state index in [4.69, 9.17) is 36.6 Å². The molecule has 6 atom stereocenters. The number of nitrogen functional groups attached to an aromatic ring is 1. The number of hydrogen-bond donors (Lipinski definition) is 4. The lowest BCUT2D eigenvalue weighted by atomic mass is 9.72. The van der Waals surface area contributed by atoms with Gasteiger partial charge in [-0.05, 0) is 90.4 Å². The highest BCUT2D eigenvalue weighted by molar-refractivity contribution is 7.16. The average molecular weight is 1050 g/mol. The number of benzene rings is 1. The largest absolute Gasteiger partial charge is 0.505 e. The van der Waals surface area contributed by atoms with Crippen LogP contribution in [0.2, 0.25) is 5.02 Å². The number of aromatic hydroxyl groups is 1. The molecule has 20 nitrogen and oxygen atoms in total. The number of nitrogens with one attached hydrogen (secondary N) is 1. The summed E-state index contributed by atoms with van der Waals surface area (Å²) in [7, 11) is 0. The molecule has 0 bridgehead atoms. The maximum absolute atomic E-state index is 15.5. The molecule has 6 aromatic rings. The van der Waals surface area contributed by atoms with E-state index in [1.807, 2.05) is 20.8 Å². The van der Waals surface area contributed by atoms with Crippen LogP contribution in [0.3, 0.4) is 0 Å². The summed E-state index contributed by atoms with van der Waals surface area (Å²) in [6.45, 7) is 13.2. The fourth-order valence-corrected chi connectivity index (χ4v) is 12.0. The van der Waals surface area contributed by atoms with Gasteiger partial charge in [-0.1, -0.05) is 53.0 Å². The third kappa shape index (κ3) is 10.5.